The molecule has 33 heavy (non-hydrogen) atoms. The van der Waals surface area contributed by atoms with Crippen molar-refractivity contribution >= 4 is 34.1 Å². The van der Waals surface area contributed by atoms with Crippen molar-refractivity contribution in [3.05, 3.63) is 35.9 Å². The second kappa shape index (κ2) is 8.32. The van der Waals surface area contributed by atoms with Gasteiger partial charge in [-0.05, 0) is 30.0 Å². The molecule has 5 rings (SSSR count). The molecule has 0 unspecified atom stereocenters. The molecule has 0 aliphatic carbocycles. The van der Waals surface area contributed by atoms with Gasteiger partial charge in [0.2, 0.25) is 5.88 Å². The smallest absolute Gasteiger partial charge is 0.413 e. The summed E-state index contributed by atoms with van der Waals surface area (Å²) in [5.74, 6) is 0.0180. The number of amides is 1. The van der Waals surface area contributed by atoms with Crippen LogP contribution >= 0.6 is 0 Å². The predicted octanol–water partition coefficient (Wildman–Crippen LogP) is 3.42. The zero-order chi connectivity index (χ0) is 23.1. The van der Waals surface area contributed by atoms with Gasteiger partial charge in [-0.3, -0.25) is 5.32 Å². The molecule has 0 bridgehead atoms. The number of nitrogen functional groups attached to an aromatic ring is 1. The number of hydrogen-bond acceptors (Lipinski definition) is 8. The molecule has 4 N–H and O–H groups in total. The Morgan fingerprint density at radius 1 is 1.27 bits per heavy atom. The van der Waals surface area contributed by atoms with E-state index in [1.165, 1.54) is 12.3 Å². The molecule has 2 aromatic heterocycles. The number of aromatic nitrogens is 2. The van der Waals surface area contributed by atoms with Gasteiger partial charge in [0.15, 0.2) is 18.1 Å². The highest BCUT2D eigenvalue weighted by atomic mass is 19.1. The second-order valence-corrected chi connectivity index (χ2v) is 7.82. The molecular formula is C22H21F2N5O4. The summed E-state index contributed by atoms with van der Waals surface area (Å²) in [7, 11) is 0. The SMILES string of the molecule is Cc1c(-c2cc3cc(NC(=O)O[C@H]4COC[C@@H]4F)ncc3c(N)c2F)cnc2c1NCCO2. The lowest BCUT2D eigenvalue weighted by Crippen LogP contribution is -2.29. The van der Waals surface area contributed by atoms with Crippen molar-refractivity contribution in [1.29, 1.82) is 0 Å². The van der Waals surface area contributed by atoms with Crippen LogP contribution in [0.25, 0.3) is 21.9 Å². The van der Waals surface area contributed by atoms with Gasteiger partial charge in [-0.1, -0.05) is 0 Å². The van der Waals surface area contributed by atoms with Crippen LogP contribution in [0.15, 0.2) is 24.5 Å². The quantitative estimate of drug-likeness (QED) is 0.512. The number of nitrogens with two attached hydrogens (primary N) is 1. The zero-order valence-corrected chi connectivity index (χ0v) is 17.7. The van der Waals surface area contributed by atoms with E-state index in [-0.39, 0.29) is 30.3 Å². The Morgan fingerprint density at radius 2 is 2.12 bits per heavy atom. The third-order valence-corrected chi connectivity index (χ3v) is 5.69. The Hall–Kier alpha value is -3.73. The molecule has 1 fully saturated rings. The van der Waals surface area contributed by atoms with E-state index >= 15 is 4.39 Å². The van der Waals surface area contributed by atoms with Crippen molar-refractivity contribution in [1.82, 2.24) is 9.97 Å². The fraction of sp³-hybridized carbons (Fsp3) is 0.318. The molecule has 1 amide bonds. The van der Waals surface area contributed by atoms with E-state index in [1.807, 2.05) is 6.92 Å². The summed E-state index contributed by atoms with van der Waals surface area (Å²) in [5.41, 5.74) is 8.29. The third kappa shape index (κ3) is 3.84. The Labute approximate surface area is 187 Å². The molecule has 0 radical (unpaired) electrons. The first-order valence-corrected chi connectivity index (χ1v) is 10.4. The van der Waals surface area contributed by atoms with Crippen LogP contribution in [0.1, 0.15) is 5.56 Å². The minimum atomic E-state index is -1.38. The van der Waals surface area contributed by atoms with Crippen LogP contribution in [0.2, 0.25) is 0 Å². The summed E-state index contributed by atoms with van der Waals surface area (Å²) in [5, 5.41) is 6.61. The second-order valence-electron chi connectivity index (χ2n) is 7.82. The van der Waals surface area contributed by atoms with Crippen molar-refractivity contribution in [2.45, 2.75) is 19.2 Å². The minimum absolute atomic E-state index is 0.00698. The van der Waals surface area contributed by atoms with Gasteiger partial charge in [-0.2, -0.15) is 0 Å². The standard InChI is InChI=1S/C22H21F2N5O4/c1-10-13(6-28-21-20(10)26-2-3-32-21)12-4-11-5-17(27-7-14(11)19(25)18(12)24)29-22(30)33-16-9-31-8-15(16)23/h4-7,15-16,26H,2-3,8-9,25H2,1H3,(H,27,29,30)/t15-,16-/m0/s1. The van der Waals surface area contributed by atoms with Crippen LogP contribution in [0.3, 0.4) is 0 Å². The van der Waals surface area contributed by atoms with Gasteiger partial charge in [-0.25, -0.2) is 23.5 Å². The number of rotatable bonds is 3. The molecule has 11 heteroatoms. The summed E-state index contributed by atoms with van der Waals surface area (Å²) in [6, 6.07) is 3.15. The fourth-order valence-electron chi connectivity index (χ4n) is 3.94. The summed E-state index contributed by atoms with van der Waals surface area (Å²) in [6.07, 6.45) is -0.314. The Kier molecular flexibility index (Phi) is 5.33. The molecule has 0 spiro atoms. The molecule has 0 saturated carbocycles. The van der Waals surface area contributed by atoms with E-state index in [0.29, 0.717) is 41.1 Å². The van der Waals surface area contributed by atoms with Crippen LogP contribution in [0.5, 0.6) is 5.88 Å². The molecular weight excluding hydrogens is 436 g/mol. The van der Waals surface area contributed by atoms with Gasteiger partial charge in [0.25, 0.3) is 0 Å². The van der Waals surface area contributed by atoms with E-state index in [0.717, 1.165) is 5.56 Å². The van der Waals surface area contributed by atoms with Gasteiger partial charge in [0, 0.05) is 35.5 Å². The van der Waals surface area contributed by atoms with Crippen LogP contribution in [-0.4, -0.2) is 54.7 Å². The van der Waals surface area contributed by atoms with Gasteiger partial charge < -0.3 is 25.3 Å². The summed E-state index contributed by atoms with van der Waals surface area (Å²) in [4.78, 5) is 20.5. The molecule has 3 aromatic rings. The molecule has 172 valence electrons. The van der Waals surface area contributed by atoms with E-state index < -0.39 is 24.2 Å². The van der Waals surface area contributed by atoms with E-state index in [2.05, 4.69) is 20.6 Å². The van der Waals surface area contributed by atoms with Crippen molar-refractivity contribution < 1.29 is 27.8 Å². The predicted molar refractivity (Wildman–Crippen MR) is 118 cm³/mol. The first kappa shape index (κ1) is 21.1. The van der Waals surface area contributed by atoms with E-state index in [9.17, 15) is 9.18 Å². The number of nitrogens with one attached hydrogen (secondary N) is 2. The van der Waals surface area contributed by atoms with Crippen LogP contribution in [0, 0.1) is 12.7 Å². The number of carbonyl (C=O) groups excluding carboxylic acids is 1. The molecule has 1 saturated heterocycles. The third-order valence-electron chi connectivity index (χ3n) is 5.69. The zero-order valence-electron chi connectivity index (χ0n) is 17.7. The maximum atomic E-state index is 15.2. The summed E-state index contributed by atoms with van der Waals surface area (Å²) in [6.45, 7) is 2.85. The Bertz CT molecular complexity index is 1260. The minimum Gasteiger partial charge on any atom is -0.474 e. The van der Waals surface area contributed by atoms with Gasteiger partial charge >= 0.3 is 6.09 Å². The van der Waals surface area contributed by atoms with E-state index in [1.54, 1.807) is 12.3 Å². The lowest BCUT2D eigenvalue weighted by atomic mass is 9.97. The molecule has 2 atom stereocenters. The Morgan fingerprint density at radius 3 is 2.91 bits per heavy atom. The van der Waals surface area contributed by atoms with Gasteiger partial charge in [0.1, 0.15) is 18.1 Å². The molecule has 2 aliphatic rings. The average molecular weight is 457 g/mol. The maximum absolute atomic E-state index is 15.2. The number of halogens is 2. The van der Waals surface area contributed by atoms with Crippen LogP contribution < -0.4 is 21.1 Å². The summed E-state index contributed by atoms with van der Waals surface area (Å²) >= 11 is 0. The fourth-order valence-corrected chi connectivity index (χ4v) is 3.94. The van der Waals surface area contributed by atoms with Crippen molar-refractivity contribution in [3.8, 4) is 17.0 Å². The van der Waals surface area contributed by atoms with Crippen molar-refractivity contribution in [2.75, 3.05) is 42.7 Å². The number of alkyl halides is 1. The van der Waals surface area contributed by atoms with E-state index in [4.69, 9.17) is 19.9 Å². The number of benzene rings is 1. The van der Waals surface area contributed by atoms with Crippen molar-refractivity contribution in [3.63, 3.8) is 0 Å². The number of ether oxygens (including phenoxy) is 3. The highest BCUT2D eigenvalue weighted by Gasteiger charge is 2.31. The van der Waals surface area contributed by atoms with Crippen molar-refractivity contribution in [2.24, 2.45) is 0 Å². The maximum Gasteiger partial charge on any atom is 0.413 e. The normalized spacial score (nSPS) is 19.5. The largest absolute Gasteiger partial charge is 0.474 e. The highest BCUT2D eigenvalue weighted by molar-refractivity contribution is 5.99. The molecule has 9 nitrogen and oxygen atoms in total. The topological polar surface area (TPSA) is 121 Å². The average Bonchev–Trinajstić information content (AvgIpc) is 3.21. The number of carbonyl (C=O) groups is 1. The number of anilines is 3. The lowest BCUT2D eigenvalue weighted by molar-refractivity contribution is 0.0731. The van der Waals surface area contributed by atoms with Gasteiger partial charge in [0.05, 0.1) is 18.9 Å². The number of nitrogens with zero attached hydrogens (tertiary/aromatic N) is 2. The first-order valence-electron chi connectivity index (χ1n) is 10.4. The van der Waals surface area contributed by atoms with Crippen LogP contribution in [-0.2, 0) is 9.47 Å². The molecule has 2 aliphatic heterocycles. The number of hydrogen-bond donors (Lipinski definition) is 3. The Balaban J connectivity index is 1.48. The molecule has 1 aromatic carbocycles. The molecule has 4 heterocycles. The monoisotopic (exact) mass is 457 g/mol. The number of fused-ring (bicyclic) bond motifs is 2. The first-order chi connectivity index (χ1) is 15.9. The highest BCUT2D eigenvalue weighted by Crippen LogP contribution is 2.39. The summed E-state index contributed by atoms with van der Waals surface area (Å²) < 4.78 is 44.4. The van der Waals surface area contributed by atoms with Crippen LogP contribution in [0.4, 0.5) is 30.8 Å². The van der Waals surface area contributed by atoms with Gasteiger partial charge in [-0.15, -0.1) is 0 Å². The lowest BCUT2D eigenvalue weighted by Gasteiger charge is -2.22. The number of pyridine rings is 2.